The predicted molar refractivity (Wildman–Crippen MR) is 315 cm³/mol. The summed E-state index contributed by atoms with van der Waals surface area (Å²) >= 11 is 0. The smallest absolute Gasteiger partial charge is 0.306 e. The van der Waals surface area contributed by atoms with Crippen molar-refractivity contribution in [2.24, 2.45) is 0 Å². The van der Waals surface area contributed by atoms with Crippen molar-refractivity contribution in [3.8, 4) is 0 Å². The predicted octanol–water partition coefficient (Wildman–Crippen LogP) is 17.5. The third kappa shape index (κ3) is 58.5. The Balaban J connectivity index is 4.13. The van der Waals surface area contributed by atoms with E-state index in [-0.39, 0.29) is 32.2 Å². The number of rotatable bonds is 58. The fourth-order valence-electron chi connectivity index (χ4n) is 8.94. The SMILES string of the molecule is CC/C=C\C/C=C\C/C=C\C/C=C\CCCCCCCCCCCCCCCCCCCCC(=O)OC(COC(=O)CCCCCCCCCCC/C=C\CCCCCCCC)COC(OCC[N+](C)(C)C)C(=O)[O-]. The van der Waals surface area contributed by atoms with E-state index >= 15 is 0 Å². The maximum absolute atomic E-state index is 12.9. The zero-order valence-electron chi connectivity index (χ0n) is 49.7. The van der Waals surface area contributed by atoms with Gasteiger partial charge in [0.05, 0.1) is 40.3 Å². The van der Waals surface area contributed by atoms with E-state index in [9.17, 15) is 19.5 Å². The topological polar surface area (TPSA) is 111 Å². The van der Waals surface area contributed by atoms with E-state index in [0.29, 0.717) is 23.9 Å². The lowest BCUT2D eigenvalue weighted by molar-refractivity contribution is -0.870. The third-order valence-electron chi connectivity index (χ3n) is 13.7. The molecule has 0 aliphatic heterocycles. The number of ether oxygens (including phenoxy) is 4. The molecule has 0 rings (SSSR count). The number of unbranched alkanes of at least 4 members (excludes halogenated alkanes) is 33. The van der Waals surface area contributed by atoms with Gasteiger partial charge in [0.2, 0.25) is 0 Å². The molecule has 9 heteroatoms. The Morgan fingerprint density at radius 3 is 1.15 bits per heavy atom. The number of carboxylic acids is 1. The van der Waals surface area contributed by atoms with Gasteiger partial charge in [0.15, 0.2) is 12.4 Å². The Morgan fingerprint density at radius 2 is 0.760 bits per heavy atom. The molecule has 0 aliphatic rings. The number of nitrogens with zero attached hydrogens (tertiary/aromatic N) is 1. The van der Waals surface area contributed by atoms with Crippen molar-refractivity contribution in [1.29, 1.82) is 0 Å². The van der Waals surface area contributed by atoms with Gasteiger partial charge in [-0.1, -0.05) is 254 Å². The van der Waals surface area contributed by atoms with Crippen molar-refractivity contribution >= 4 is 17.9 Å². The van der Waals surface area contributed by atoms with Crippen LogP contribution in [0.15, 0.2) is 60.8 Å². The minimum atomic E-state index is -1.62. The Bertz CT molecular complexity index is 1410. The molecule has 436 valence electrons. The van der Waals surface area contributed by atoms with Crippen molar-refractivity contribution in [1.82, 2.24) is 0 Å². The fourth-order valence-corrected chi connectivity index (χ4v) is 8.94. The van der Waals surface area contributed by atoms with Crippen LogP contribution < -0.4 is 5.11 Å². The number of aliphatic carboxylic acids is 1. The van der Waals surface area contributed by atoms with Crippen LogP contribution in [0.2, 0.25) is 0 Å². The van der Waals surface area contributed by atoms with E-state index in [1.807, 2.05) is 21.1 Å². The summed E-state index contributed by atoms with van der Waals surface area (Å²) in [5, 5.41) is 11.8. The van der Waals surface area contributed by atoms with Crippen LogP contribution in [0.4, 0.5) is 0 Å². The first-order chi connectivity index (χ1) is 36.6. The largest absolute Gasteiger partial charge is 0.545 e. The highest BCUT2D eigenvalue weighted by Gasteiger charge is 2.22. The summed E-state index contributed by atoms with van der Waals surface area (Å²) in [4.78, 5) is 37.4. The maximum Gasteiger partial charge on any atom is 0.306 e. The molecule has 0 spiro atoms. The van der Waals surface area contributed by atoms with Crippen molar-refractivity contribution in [3.05, 3.63) is 60.8 Å². The second-order valence-corrected chi connectivity index (χ2v) is 22.3. The van der Waals surface area contributed by atoms with Gasteiger partial charge >= 0.3 is 11.9 Å². The average Bonchev–Trinajstić information content (AvgIpc) is 3.38. The molecule has 0 saturated carbocycles. The van der Waals surface area contributed by atoms with E-state index < -0.39 is 24.3 Å². The van der Waals surface area contributed by atoms with Crippen molar-refractivity contribution in [3.63, 3.8) is 0 Å². The molecule has 0 N–H and O–H groups in total. The Morgan fingerprint density at radius 1 is 0.413 bits per heavy atom. The molecule has 9 nitrogen and oxygen atoms in total. The lowest BCUT2D eigenvalue weighted by atomic mass is 10.0. The zero-order valence-corrected chi connectivity index (χ0v) is 49.7. The van der Waals surface area contributed by atoms with Gasteiger partial charge in [-0.25, -0.2) is 0 Å². The molecule has 75 heavy (non-hydrogen) atoms. The molecule has 0 aromatic heterocycles. The van der Waals surface area contributed by atoms with Crippen molar-refractivity contribution in [2.45, 2.75) is 296 Å². The molecule has 0 bridgehead atoms. The molecule has 0 aromatic rings. The molecule has 2 atom stereocenters. The van der Waals surface area contributed by atoms with Gasteiger partial charge in [-0.05, 0) is 77.0 Å². The Kier molecular flexibility index (Phi) is 54.9. The van der Waals surface area contributed by atoms with Crippen LogP contribution in [0.25, 0.3) is 0 Å². The molecular weight excluding hydrogens is 935 g/mol. The average molecular weight is 1050 g/mol. The van der Waals surface area contributed by atoms with Gasteiger partial charge in [0, 0.05) is 12.8 Å². The molecule has 0 aromatic carbocycles. The fraction of sp³-hybridized carbons (Fsp3) is 0.803. The molecule has 0 heterocycles. The van der Waals surface area contributed by atoms with Crippen LogP contribution in [0.3, 0.4) is 0 Å². The molecule has 2 unspecified atom stereocenters. The highest BCUT2D eigenvalue weighted by molar-refractivity contribution is 5.70. The van der Waals surface area contributed by atoms with Crippen molar-refractivity contribution in [2.75, 3.05) is 47.5 Å². The third-order valence-corrected chi connectivity index (χ3v) is 13.7. The summed E-state index contributed by atoms with van der Waals surface area (Å²) in [7, 11) is 5.93. The molecule has 0 aliphatic carbocycles. The van der Waals surface area contributed by atoms with E-state index in [1.54, 1.807) is 0 Å². The van der Waals surface area contributed by atoms with Crippen LogP contribution in [-0.2, 0) is 33.3 Å². The van der Waals surface area contributed by atoms with Crippen LogP contribution in [0.1, 0.15) is 284 Å². The van der Waals surface area contributed by atoms with E-state index in [0.717, 1.165) is 57.8 Å². The summed E-state index contributed by atoms with van der Waals surface area (Å²) in [5.41, 5.74) is 0. The molecular formula is C66H119NO8. The van der Waals surface area contributed by atoms with Gasteiger partial charge in [-0.15, -0.1) is 0 Å². The van der Waals surface area contributed by atoms with Gasteiger partial charge in [0.1, 0.15) is 13.2 Å². The first-order valence-electron chi connectivity index (χ1n) is 31.4. The number of likely N-dealkylation sites (N-methyl/N-ethyl adjacent to an activating group) is 1. The number of hydrogen-bond acceptors (Lipinski definition) is 8. The van der Waals surface area contributed by atoms with Gasteiger partial charge in [-0.3, -0.25) is 9.59 Å². The number of quaternary nitrogens is 1. The second kappa shape index (κ2) is 57.2. The number of esters is 2. The quantitative estimate of drug-likeness (QED) is 0.0195. The second-order valence-electron chi connectivity index (χ2n) is 22.3. The summed E-state index contributed by atoms with van der Waals surface area (Å²) < 4.78 is 22.8. The van der Waals surface area contributed by atoms with Crippen LogP contribution in [-0.4, -0.2) is 82.3 Å². The highest BCUT2D eigenvalue weighted by Crippen LogP contribution is 2.17. The molecule has 0 saturated heterocycles. The first kappa shape index (κ1) is 72.0. The summed E-state index contributed by atoms with van der Waals surface area (Å²) in [5.74, 6) is -2.27. The van der Waals surface area contributed by atoms with Gasteiger partial charge in [0.25, 0.3) is 0 Å². The number of allylic oxidation sites excluding steroid dienone is 10. The lowest BCUT2D eigenvalue weighted by Gasteiger charge is -2.26. The van der Waals surface area contributed by atoms with E-state index in [1.165, 1.54) is 193 Å². The van der Waals surface area contributed by atoms with Gasteiger partial charge in [-0.2, -0.15) is 0 Å². The molecule has 0 radical (unpaired) electrons. The molecule has 0 amide bonds. The maximum atomic E-state index is 12.9. The number of carbonyl (C=O) groups excluding carboxylic acids is 3. The van der Waals surface area contributed by atoms with Crippen LogP contribution >= 0.6 is 0 Å². The lowest BCUT2D eigenvalue weighted by Crippen LogP contribution is -2.44. The summed E-state index contributed by atoms with van der Waals surface area (Å²) in [6, 6.07) is 0. The Hall–Kier alpha value is -3.01. The molecule has 0 fully saturated rings. The van der Waals surface area contributed by atoms with Crippen LogP contribution in [0, 0.1) is 0 Å². The number of hydrogen-bond donors (Lipinski definition) is 0. The first-order valence-corrected chi connectivity index (χ1v) is 31.4. The van der Waals surface area contributed by atoms with Crippen molar-refractivity contribution < 1.29 is 42.9 Å². The monoisotopic (exact) mass is 1050 g/mol. The van der Waals surface area contributed by atoms with E-state index in [4.69, 9.17) is 18.9 Å². The standard InChI is InChI=1S/C66H119NO8/c1-6-8-10-12-14-16-18-20-22-24-26-27-28-29-30-31-32-33-34-35-36-37-39-41-43-45-47-49-51-53-55-57-64(69)75-62(61-74-66(65(70)71)72-59-58-67(3,4)5)60-73-63(68)56-54-52-50-48-46-44-42-40-38-25-23-21-19-17-15-13-11-9-7-2/h8,10,14,16,20-23,26-27,62,66H,6-7,9,11-13,15,17-19,24-25,28-61H2,1-5H3/b10-8-,16-14-,22-20-,23-21-,27-26-. The highest BCUT2D eigenvalue weighted by atomic mass is 16.7. The van der Waals surface area contributed by atoms with Gasteiger partial charge < -0.3 is 33.3 Å². The minimum absolute atomic E-state index is 0.148. The number of carboxylic acid groups (broad SMARTS) is 1. The number of carbonyl (C=O) groups is 3. The zero-order chi connectivity index (χ0) is 54.8. The van der Waals surface area contributed by atoms with E-state index in [2.05, 4.69) is 74.6 Å². The Labute approximate surface area is 463 Å². The summed E-state index contributed by atoms with van der Waals surface area (Å²) in [6.45, 7) is 4.66. The normalized spacial score (nSPS) is 13.1. The summed E-state index contributed by atoms with van der Waals surface area (Å²) in [6.07, 6.45) is 69.9. The minimum Gasteiger partial charge on any atom is -0.545 e. The van der Waals surface area contributed by atoms with Crippen LogP contribution in [0.5, 0.6) is 0 Å².